The second-order valence-corrected chi connectivity index (χ2v) is 7.48. The molecule has 0 amide bonds. The molecule has 2 aromatic heterocycles. The Morgan fingerprint density at radius 3 is 2.56 bits per heavy atom. The van der Waals surface area contributed by atoms with Crippen molar-refractivity contribution in [3.8, 4) is 0 Å². The van der Waals surface area contributed by atoms with E-state index < -0.39 is 0 Å². The van der Waals surface area contributed by atoms with Gasteiger partial charge in [0.25, 0.3) is 5.56 Å². The standard InChI is InChI=1S/C19H10Cl2FN3OS/c20-13-5-4-12(15(21)10-13)9-16-18(26)25-19(27-16)23-17(24-25)8-3-11-1-6-14(22)7-2-11/h1-10H. The van der Waals surface area contributed by atoms with Gasteiger partial charge in [0, 0.05) is 10.0 Å². The van der Waals surface area contributed by atoms with Crippen LogP contribution in [-0.2, 0) is 0 Å². The van der Waals surface area contributed by atoms with Crippen LogP contribution in [0.4, 0.5) is 4.39 Å². The Balaban J connectivity index is 1.68. The molecule has 0 aliphatic carbocycles. The van der Waals surface area contributed by atoms with E-state index in [1.165, 1.54) is 28.0 Å². The van der Waals surface area contributed by atoms with E-state index >= 15 is 0 Å². The van der Waals surface area contributed by atoms with Gasteiger partial charge in [0.2, 0.25) is 4.96 Å². The third kappa shape index (κ3) is 3.78. The lowest BCUT2D eigenvalue weighted by atomic mass is 10.2. The van der Waals surface area contributed by atoms with Crippen molar-refractivity contribution < 1.29 is 4.39 Å². The van der Waals surface area contributed by atoms with Gasteiger partial charge in [-0.1, -0.05) is 58.8 Å². The van der Waals surface area contributed by atoms with Gasteiger partial charge in [0.05, 0.1) is 4.53 Å². The Kier molecular flexibility index (Phi) is 4.78. The maximum Gasteiger partial charge on any atom is 0.291 e. The zero-order valence-corrected chi connectivity index (χ0v) is 15.9. The number of halogens is 3. The minimum atomic E-state index is -0.298. The number of thiazole rings is 1. The predicted octanol–water partition coefficient (Wildman–Crippen LogP) is 4.32. The molecule has 4 aromatic rings. The molecule has 2 heterocycles. The highest BCUT2D eigenvalue weighted by Crippen LogP contribution is 2.21. The molecule has 4 rings (SSSR count). The first-order valence-electron chi connectivity index (χ1n) is 7.79. The van der Waals surface area contributed by atoms with E-state index in [4.69, 9.17) is 23.2 Å². The second-order valence-electron chi connectivity index (χ2n) is 5.63. The summed E-state index contributed by atoms with van der Waals surface area (Å²) in [5, 5.41) is 5.20. The molecule has 0 saturated carbocycles. The fourth-order valence-electron chi connectivity index (χ4n) is 2.42. The minimum absolute atomic E-state index is 0.269. The quantitative estimate of drug-likeness (QED) is 0.498. The molecule has 2 aromatic carbocycles. The van der Waals surface area contributed by atoms with Crippen LogP contribution in [0, 0.1) is 5.82 Å². The Labute approximate surface area is 166 Å². The van der Waals surface area contributed by atoms with E-state index in [1.807, 2.05) is 0 Å². The van der Waals surface area contributed by atoms with Crippen LogP contribution in [0.3, 0.4) is 0 Å². The molecule has 0 aliphatic rings. The molecule has 0 fully saturated rings. The van der Waals surface area contributed by atoms with Crippen LogP contribution in [0.1, 0.15) is 17.0 Å². The van der Waals surface area contributed by atoms with Crippen molar-refractivity contribution in [2.45, 2.75) is 0 Å². The highest BCUT2D eigenvalue weighted by Gasteiger charge is 2.09. The molecule has 0 atom stereocenters. The van der Waals surface area contributed by atoms with Crippen LogP contribution < -0.4 is 10.1 Å². The van der Waals surface area contributed by atoms with E-state index in [9.17, 15) is 9.18 Å². The lowest BCUT2D eigenvalue weighted by Crippen LogP contribution is -2.23. The molecule has 0 spiro atoms. The molecule has 0 N–H and O–H groups in total. The van der Waals surface area contributed by atoms with Crippen molar-refractivity contribution >= 4 is 57.7 Å². The summed E-state index contributed by atoms with van der Waals surface area (Å²) in [5.74, 6) is 0.104. The Morgan fingerprint density at radius 1 is 1.07 bits per heavy atom. The second kappa shape index (κ2) is 7.23. The van der Waals surface area contributed by atoms with Gasteiger partial charge in [-0.3, -0.25) is 4.79 Å². The molecule has 0 bridgehead atoms. The van der Waals surface area contributed by atoms with Crippen molar-refractivity contribution in [3.05, 3.63) is 90.2 Å². The number of fused-ring (bicyclic) bond motifs is 1. The van der Waals surface area contributed by atoms with E-state index in [0.29, 0.717) is 30.9 Å². The average Bonchev–Trinajstić information content (AvgIpc) is 3.16. The predicted molar refractivity (Wildman–Crippen MR) is 108 cm³/mol. The summed E-state index contributed by atoms with van der Waals surface area (Å²) in [6, 6.07) is 11.1. The van der Waals surface area contributed by atoms with Gasteiger partial charge < -0.3 is 0 Å². The van der Waals surface area contributed by atoms with E-state index in [2.05, 4.69) is 10.1 Å². The third-order valence-electron chi connectivity index (χ3n) is 3.74. The highest BCUT2D eigenvalue weighted by molar-refractivity contribution is 7.15. The maximum absolute atomic E-state index is 12.9. The Morgan fingerprint density at radius 2 is 1.85 bits per heavy atom. The number of hydrogen-bond acceptors (Lipinski definition) is 4. The van der Waals surface area contributed by atoms with Crippen LogP contribution in [-0.4, -0.2) is 14.6 Å². The fourth-order valence-corrected chi connectivity index (χ4v) is 3.79. The topological polar surface area (TPSA) is 47.3 Å². The monoisotopic (exact) mass is 417 g/mol. The van der Waals surface area contributed by atoms with Crippen LogP contribution >= 0.6 is 34.5 Å². The lowest BCUT2D eigenvalue weighted by Gasteiger charge is -1.97. The maximum atomic E-state index is 12.9. The van der Waals surface area contributed by atoms with Gasteiger partial charge in [-0.2, -0.15) is 9.50 Å². The summed E-state index contributed by atoms with van der Waals surface area (Å²) in [6.45, 7) is 0. The molecule has 8 heteroatoms. The number of hydrogen-bond donors (Lipinski definition) is 0. The largest absolute Gasteiger partial charge is 0.291 e. The molecule has 0 aliphatic heterocycles. The average molecular weight is 418 g/mol. The third-order valence-corrected chi connectivity index (χ3v) is 5.26. The smallest absolute Gasteiger partial charge is 0.266 e. The van der Waals surface area contributed by atoms with Gasteiger partial charge in [-0.25, -0.2) is 4.39 Å². The van der Waals surface area contributed by atoms with Crippen LogP contribution in [0.15, 0.2) is 47.3 Å². The number of nitrogens with zero attached hydrogens (tertiary/aromatic N) is 3. The molecule has 134 valence electrons. The van der Waals surface area contributed by atoms with Gasteiger partial charge in [0.1, 0.15) is 5.82 Å². The Bertz CT molecular complexity index is 1280. The summed E-state index contributed by atoms with van der Waals surface area (Å²) in [5.41, 5.74) is 1.23. The van der Waals surface area contributed by atoms with Crippen molar-refractivity contribution in [2.24, 2.45) is 0 Å². The first-order valence-corrected chi connectivity index (χ1v) is 9.37. The highest BCUT2D eigenvalue weighted by atomic mass is 35.5. The zero-order chi connectivity index (χ0) is 19.0. The van der Waals surface area contributed by atoms with E-state index in [0.717, 1.165) is 5.56 Å². The number of aromatic nitrogens is 3. The van der Waals surface area contributed by atoms with E-state index in [1.54, 1.807) is 48.6 Å². The number of benzene rings is 2. The zero-order valence-electron chi connectivity index (χ0n) is 13.6. The summed E-state index contributed by atoms with van der Waals surface area (Å²) >= 11 is 13.3. The van der Waals surface area contributed by atoms with Gasteiger partial charge in [0.15, 0.2) is 5.82 Å². The van der Waals surface area contributed by atoms with E-state index in [-0.39, 0.29) is 11.4 Å². The molecule has 4 nitrogen and oxygen atoms in total. The van der Waals surface area contributed by atoms with Crippen LogP contribution in [0.2, 0.25) is 10.0 Å². The van der Waals surface area contributed by atoms with Crippen molar-refractivity contribution in [2.75, 3.05) is 0 Å². The van der Waals surface area contributed by atoms with Crippen LogP contribution in [0.25, 0.3) is 23.2 Å². The van der Waals surface area contributed by atoms with Crippen molar-refractivity contribution in [1.29, 1.82) is 0 Å². The van der Waals surface area contributed by atoms with Gasteiger partial charge >= 0.3 is 0 Å². The van der Waals surface area contributed by atoms with Gasteiger partial charge in [-0.15, -0.1) is 5.10 Å². The van der Waals surface area contributed by atoms with Crippen LogP contribution in [0.5, 0.6) is 0 Å². The first kappa shape index (κ1) is 17.9. The summed E-state index contributed by atoms with van der Waals surface area (Å²) < 4.78 is 14.7. The molecule has 0 radical (unpaired) electrons. The molecule has 27 heavy (non-hydrogen) atoms. The SMILES string of the molecule is O=c1c(=Cc2ccc(Cl)cc2Cl)sc2nc(C=Cc3ccc(F)cc3)nn12. The molecular weight excluding hydrogens is 408 g/mol. The van der Waals surface area contributed by atoms with Crippen molar-refractivity contribution in [1.82, 2.24) is 14.6 Å². The number of rotatable bonds is 3. The van der Waals surface area contributed by atoms with Gasteiger partial charge in [-0.05, 0) is 47.5 Å². The molecular formula is C19H10Cl2FN3OS. The lowest BCUT2D eigenvalue weighted by molar-refractivity contribution is 0.628. The molecule has 0 saturated heterocycles. The summed E-state index contributed by atoms with van der Waals surface area (Å²) in [7, 11) is 0. The summed E-state index contributed by atoms with van der Waals surface area (Å²) in [4.78, 5) is 17.4. The Hall–Kier alpha value is -2.54. The fraction of sp³-hybridized carbons (Fsp3) is 0. The molecule has 0 unspecified atom stereocenters. The first-order chi connectivity index (χ1) is 13.0. The minimum Gasteiger partial charge on any atom is -0.266 e. The normalized spacial score (nSPS) is 12.5. The summed E-state index contributed by atoms with van der Waals surface area (Å²) in [6.07, 6.45) is 5.12. The van der Waals surface area contributed by atoms with Crippen molar-refractivity contribution in [3.63, 3.8) is 0 Å².